The Morgan fingerprint density at radius 1 is 0.667 bits per heavy atom. The van der Waals surface area contributed by atoms with Gasteiger partial charge in [0.25, 0.3) is 0 Å². The number of benzene rings is 3. The zero-order chi connectivity index (χ0) is 17.4. The Morgan fingerprint density at radius 2 is 1.29 bits per heavy atom. The van der Waals surface area contributed by atoms with Crippen molar-refractivity contribution in [1.82, 2.24) is 0 Å². The summed E-state index contributed by atoms with van der Waals surface area (Å²) in [4.78, 5) is 4.38. The summed E-state index contributed by atoms with van der Waals surface area (Å²) in [5.74, 6) is 0. The summed E-state index contributed by atoms with van der Waals surface area (Å²) in [7, 11) is 8.42. The molecule has 0 spiro atoms. The molecule has 24 heavy (non-hydrogen) atoms. The fraction of sp³-hybridized carbons (Fsp3) is 0.273. The van der Waals surface area contributed by atoms with E-state index >= 15 is 0 Å². The van der Waals surface area contributed by atoms with Crippen molar-refractivity contribution < 1.29 is 0 Å². The third-order valence-electron chi connectivity index (χ3n) is 4.67. The van der Waals surface area contributed by atoms with E-state index in [4.69, 9.17) is 0 Å². The monoisotopic (exact) mass is 318 g/mol. The van der Waals surface area contributed by atoms with Crippen LogP contribution in [0.4, 0.5) is 11.4 Å². The second-order valence-electron chi connectivity index (χ2n) is 6.92. The van der Waals surface area contributed by atoms with E-state index < -0.39 is 0 Å². The van der Waals surface area contributed by atoms with Crippen LogP contribution in [0.2, 0.25) is 0 Å². The molecule has 2 nitrogen and oxygen atoms in total. The van der Waals surface area contributed by atoms with Crippen LogP contribution in [-0.4, -0.2) is 28.2 Å². The van der Waals surface area contributed by atoms with E-state index in [1.807, 2.05) is 0 Å². The molecule has 0 atom stereocenters. The van der Waals surface area contributed by atoms with E-state index in [2.05, 4.69) is 100 Å². The van der Waals surface area contributed by atoms with Crippen LogP contribution in [0.15, 0.2) is 48.5 Å². The van der Waals surface area contributed by atoms with Crippen LogP contribution in [-0.2, 0) is 0 Å². The number of rotatable bonds is 3. The van der Waals surface area contributed by atoms with Gasteiger partial charge in [0.15, 0.2) is 0 Å². The van der Waals surface area contributed by atoms with Gasteiger partial charge >= 0.3 is 0 Å². The molecule has 3 aromatic carbocycles. The van der Waals surface area contributed by atoms with Crippen LogP contribution in [0.3, 0.4) is 0 Å². The molecule has 0 N–H and O–H groups in total. The summed E-state index contributed by atoms with van der Waals surface area (Å²) in [6, 6.07) is 17.7. The van der Waals surface area contributed by atoms with Gasteiger partial charge in [0.05, 0.1) is 0 Å². The van der Waals surface area contributed by atoms with E-state index in [1.165, 1.54) is 44.4 Å². The first-order valence-corrected chi connectivity index (χ1v) is 8.38. The Hall–Kier alpha value is -2.48. The second kappa shape index (κ2) is 6.20. The van der Waals surface area contributed by atoms with E-state index in [9.17, 15) is 0 Å². The van der Waals surface area contributed by atoms with Gasteiger partial charge in [-0.3, -0.25) is 0 Å². The quantitative estimate of drug-likeness (QED) is 0.650. The first kappa shape index (κ1) is 16.4. The highest BCUT2D eigenvalue weighted by Gasteiger charge is 2.16. The van der Waals surface area contributed by atoms with Crippen LogP contribution in [0.25, 0.3) is 21.9 Å². The Morgan fingerprint density at radius 3 is 1.88 bits per heavy atom. The van der Waals surface area contributed by atoms with Gasteiger partial charge in [0.1, 0.15) is 0 Å². The average molecular weight is 318 g/mol. The second-order valence-corrected chi connectivity index (χ2v) is 6.92. The molecular formula is C22H26N2. The lowest BCUT2D eigenvalue weighted by Crippen LogP contribution is -2.12. The molecular weight excluding hydrogens is 292 g/mol. The Kier molecular flexibility index (Phi) is 4.23. The van der Waals surface area contributed by atoms with Crippen LogP contribution < -0.4 is 9.80 Å². The largest absolute Gasteiger partial charge is 0.378 e. The molecule has 0 aliphatic rings. The van der Waals surface area contributed by atoms with Crippen molar-refractivity contribution >= 4 is 22.1 Å². The number of fused-ring (bicyclic) bond motifs is 1. The van der Waals surface area contributed by atoms with Crippen LogP contribution in [0, 0.1) is 13.8 Å². The number of hydrogen-bond acceptors (Lipinski definition) is 2. The molecule has 0 radical (unpaired) electrons. The van der Waals surface area contributed by atoms with Gasteiger partial charge in [-0.1, -0.05) is 30.3 Å². The van der Waals surface area contributed by atoms with E-state index in [-0.39, 0.29) is 0 Å². The van der Waals surface area contributed by atoms with Gasteiger partial charge in [-0.25, -0.2) is 0 Å². The summed E-state index contributed by atoms with van der Waals surface area (Å²) < 4.78 is 0. The number of hydrogen-bond donors (Lipinski definition) is 0. The standard InChI is InChI=1S/C22H26N2/c1-15-13-18(23(3)4)14-16(2)21(15)22-19-10-8-7-9-17(19)11-12-20(22)24(5)6/h7-14H,1-6H3. The van der Waals surface area contributed by atoms with Crippen molar-refractivity contribution in [3.63, 3.8) is 0 Å². The molecule has 124 valence electrons. The van der Waals surface area contributed by atoms with Crippen LogP contribution >= 0.6 is 0 Å². The normalized spacial score (nSPS) is 10.9. The Labute approximate surface area is 145 Å². The summed E-state index contributed by atoms with van der Waals surface area (Å²) >= 11 is 0. The molecule has 0 unspecified atom stereocenters. The van der Waals surface area contributed by atoms with Gasteiger partial charge < -0.3 is 9.80 Å². The maximum atomic E-state index is 2.28. The zero-order valence-corrected chi connectivity index (χ0v) is 15.5. The minimum Gasteiger partial charge on any atom is -0.378 e. The van der Waals surface area contributed by atoms with Crippen molar-refractivity contribution in [3.05, 3.63) is 59.7 Å². The molecule has 0 heterocycles. The lowest BCUT2D eigenvalue weighted by molar-refractivity contribution is 1.12. The van der Waals surface area contributed by atoms with Crippen molar-refractivity contribution in [3.8, 4) is 11.1 Å². The summed E-state index contributed by atoms with van der Waals surface area (Å²) in [5, 5.41) is 2.60. The van der Waals surface area contributed by atoms with Crippen molar-refractivity contribution in [2.24, 2.45) is 0 Å². The minimum atomic E-state index is 1.25. The smallest absolute Gasteiger partial charge is 0.0447 e. The van der Waals surface area contributed by atoms with Gasteiger partial charge in [-0.05, 0) is 59.5 Å². The van der Waals surface area contributed by atoms with Crippen LogP contribution in [0.5, 0.6) is 0 Å². The van der Waals surface area contributed by atoms with Crippen LogP contribution in [0.1, 0.15) is 11.1 Å². The van der Waals surface area contributed by atoms with Crippen molar-refractivity contribution in [1.29, 1.82) is 0 Å². The summed E-state index contributed by atoms with van der Waals surface area (Å²) in [5.41, 5.74) is 7.83. The van der Waals surface area contributed by atoms with Gasteiger partial charge in [-0.15, -0.1) is 0 Å². The number of anilines is 2. The molecule has 2 heteroatoms. The molecule has 0 bridgehead atoms. The fourth-order valence-corrected chi connectivity index (χ4v) is 3.49. The number of aryl methyl sites for hydroxylation is 2. The summed E-state index contributed by atoms with van der Waals surface area (Å²) in [6.45, 7) is 4.44. The minimum absolute atomic E-state index is 1.25. The molecule has 3 rings (SSSR count). The molecule has 0 amide bonds. The highest BCUT2D eigenvalue weighted by atomic mass is 15.1. The molecule has 0 aromatic heterocycles. The molecule has 0 fully saturated rings. The van der Waals surface area contributed by atoms with E-state index in [1.54, 1.807) is 0 Å². The lowest BCUT2D eigenvalue weighted by Gasteiger charge is -2.24. The van der Waals surface area contributed by atoms with Gasteiger partial charge in [0.2, 0.25) is 0 Å². The highest BCUT2D eigenvalue weighted by Crippen LogP contribution is 2.41. The highest BCUT2D eigenvalue weighted by molar-refractivity contribution is 6.04. The molecule has 3 aromatic rings. The maximum absolute atomic E-state index is 2.28. The van der Waals surface area contributed by atoms with Gasteiger partial charge in [-0.2, -0.15) is 0 Å². The molecule has 0 saturated heterocycles. The fourth-order valence-electron chi connectivity index (χ4n) is 3.49. The van der Waals surface area contributed by atoms with E-state index in [0.717, 1.165) is 0 Å². The molecule has 0 aliphatic carbocycles. The molecule has 0 saturated carbocycles. The maximum Gasteiger partial charge on any atom is 0.0447 e. The first-order valence-electron chi connectivity index (χ1n) is 8.38. The van der Waals surface area contributed by atoms with Gasteiger partial charge in [0, 0.05) is 45.1 Å². The van der Waals surface area contributed by atoms with Crippen molar-refractivity contribution in [2.75, 3.05) is 38.0 Å². The SMILES string of the molecule is Cc1cc(N(C)C)cc(C)c1-c1c(N(C)C)ccc2ccccc12. The first-order chi connectivity index (χ1) is 11.4. The zero-order valence-electron chi connectivity index (χ0n) is 15.5. The third kappa shape index (κ3) is 2.73. The molecule has 0 aliphatic heterocycles. The lowest BCUT2D eigenvalue weighted by atomic mass is 9.89. The van der Waals surface area contributed by atoms with E-state index in [0.29, 0.717) is 0 Å². The Balaban J connectivity index is 2.39. The predicted molar refractivity (Wildman–Crippen MR) is 108 cm³/mol. The summed E-state index contributed by atoms with van der Waals surface area (Å²) in [6.07, 6.45) is 0. The third-order valence-corrected chi connectivity index (χ3v) is 4.67. The Bertz CT molecular complexity index is 869. The van der Waals surface area contributed by atoms with Crippen molar-refractivity contribution in [2.45, 2.75) is 13.8 Å². The number of nitrogens with zero attached hydrogens (tertiary/aromatic N) is 2. The average Bonchev–Trinajstić information content (AvgIpc) is 2.53. The topological polar surface area (TPSA) is 6.48 Å². The predicted octanol–water partition coefficient (Wildman–Crippen LogP) is 5.26.